The number of β-lactam (4-membered cyclic amide) rings is 1. The van der Waals surface area contributed by atoms with Crippen molar-refractivity contribution in [3.63, 3.8) is 0 Å². The lowest BCUT2D eigenvalue weighted by Gasteiger charge is -2.37. The number of rotatable bonds is 6. The second-order valence-corrected chi connectivity index (χ2v) is 9.47. The van der Waals surface area contributed by atoms with Crippen LogP contribution in [0.15, 0.2) is 24.3 Å². The minimum Gasteiger partial charge on any atom is -0.459 e. The highest BCUT2D eigenvalue weighted by molar-refractivity contribution is 8.14. The van der Waals surface area contributed by atoms with Crippen molar-refractivity contribution < 1.29 is 24.0 Å². The number of carbonyl (C=O) groups is 3. The summed E-state index contributed by atoms with van der Waals surface area (Å²) in [5, 5.41) is 10.6. The molecule has 1 amide bonds. The Morgan fingerprint density at radius 2 is 2.07 bits per heavy atom. The fourth-order valence-electron chi connectivity index (χ4n) is 3.15. The maximum absolute atomic E-state index is 12.8. The van der Waals surface area contributed by atoms with Crippen LogP contribution in [0.3, 0.4) is 0 Å². The quantitative estimate of drug-likeness (QED) is 0.304. The van der Waals surface area contributed by atoms with Gasteiger partial charge in [-0.2, -0.15) is 0 Å². The van der Waals surface area contributed by atoms with Gasteiger partial charge in [0.1, 0.15) is 12.6 Å². The number of ether oxygens (including phenoxy) is 1. The Hall–Kier alpha value is -2.07. The van der Waals surface area contributed by atoms with Gasteiger partial charge in [-0.15, -0.1) is 11.8 Å². The van der Waals surface area contributed by atoms with Crippen LogP contribution in [0.4, 0.5) is 5.69 Å². The van der Waals surface area contributed by atoms with Crippen molar-refractivity contribution in [2.24, 2.45) is 0 Å². The molecular formula is C17H18N2O6S2. The van der Waals surface area contributed by atoms with Gasteiger partial charge in [-0.05, 0) is 24.6 Å². The Morgan fingerprint density at radius 3 is 2.63 bits per heavy atom. The molecule has 1 aromatic rings. The molecule has 10 heteroatoms. The summed E-state index contributed by atoms with van der Waals surface area (Å²) in [6.45, 7) is 3.30. The Morgan fingerprint density at radius 1 is 1.41 bits per heavy atom. The first-order valence-electron chi connectivity index (χ1n) is 8.23. The number of fused-ring (bicyclic) bond motifs is 1. The van der Waals surface area contributed by atoms with Crippen LogP contribution in [0.2, 0.25) is 0 Å². The summed E-state index contributed by atoms with van der Waals surface area (Å²) in [4.78, 5) is 47.8. The van der Waals surface area contributed by atoms with E-state index in [4.69, 9.17) is 4.74 Å². The average molecular weight is 410 g/mol. The van der Waals surface area contributed by atoms with E-state index in [1.807, 2.05) is 6.92 Å². The van der Waals surface area contributed by atoms with E-state index in [1.54, 1.807) is 4.90 Å². The van der Waals surface area contributed by atoms with Gasteiger partial charge < -0.3 is 9.64 Å². The number of esters is 1. The largest absolute Gasteiger partial charge is 0.459 e. The van der Waals surface area contributed by atoms with E-state index in [2.05, 4.69) is 0 Å². The number of nitro groups is 1. The van der Waals surface area contributed by atoms with Gasteiger partial charge >= 0.3 is 5.97 Å². The second kappa shape index (κ2) is 7.51. The number of hydrogen-bond donors (Lipinski definition) is 0. The Labute approximate surface area is 164 Å². The summed E-state index contributed by atoms with van der Waals surface area (Å²) >= 11 is 2.66. The third-order valence-corrected chi connectivity index (χ3v) is 7.43. The second-order valence-electron chi connectivity index (χ2n) is 6.60. The highest BCUT2D eigenvalue weighted by Gasteiger charge is 2.61. The van der Waals surface area contributed by atoms with Crippen LogP contribution in [0.25, 0.3) is 0 Å². The number of thioether (sulfide) groups is 2. The molecule has 0 N–H and O–H groups in total. The first kappa shape index (κ1) is 19.7. The van der Waals surface area contributed by atoms with E-state index in [9.17, 15) is 24.5 Å². The lowest BCUT2D eigenvalue weighted by atomic mass is 9.98. The van der Waals surface area contributed by atoms with Gasteiger partial charge in [-0.1, -0.05) is 11.8 Å². The van der Waals surface area contributed by atoms with Gasteiger partial charge in [-0.25, -0.2) is 4.79 Å². The van der Waals surface area contributed by atoms with Gasteiger partial charge in [0.2, 0.25) is 5.91 Å². The van der Waals surface area contributed by atoms with Crippen LogP contribution in [-0.2, 0) is 25.7 Å². The Kier molecular flexibility index (Phi) is 5.48. The van der Waals surface area contributed by atoms with Crippen molar-refractivity contribution in [1.82, 2.24) is 4.90 Å². The van der Waals surface area contributed by atoms with E-state index >= 15 is 0 Å². The van der Waals surface area contributed by atoms with Crippen LogP contribution in [0.5, 0.6) is 0 Å². The first-order chi connectivity index (χ1) is 12.7. The van der Waals surface area contributed by atoms with Crippen LogP contribution in [0.1, 0.15) is 25.8 Å². The minimum atomic E-state index is -0.751. The van der Waals surface area contributed by atoms with Crippen LogP contribution < -0.4 is 0 Å². The molecular weight excluding hydrogens is 392 g/mol. The Balaban J connectivity index is 1.69. The van der Waals surface area contributed by atoms with E-state index in [0.717, 1.165) is 11.8 Å². The maximum atomic E-state index is 12.8. The number of nitrogens with zero attached hydrogens (tertiary/aromatic N) is 2. The van der Waals surface area contributed by atoms with Crippen molar-refractivity contribution in [1.29, 1.82) is 0 Å². The third-order valence-electron chi connectivity index (χ3n) is 4.52. The molecule has 27 heavy (non-hydrogen) atoms. The van der Waals surface area contributed by atoms with Gasteiger partial charge in [-0.3, -0.25) is 19.7 Å². The predicted molar refractivity (Wildman–Crippen MR) is 101 cm³/mol. The molecule has 0 radical (unpaired) electrons. The molecule has 0 aromatic heterocycles. The molecule has 1 aromatic carbocycles. The van der Waals surface area contributed by atoms with E-state index < -0.39 is 21.7 Å². The minimum absolute atomic E-state index is 0.0410. The third kappa shape index (κ3) is 3.96. The normalized spacial score (nSPS) is 26.3. The van der Waals surface area contributed by atoms with Crippen LogP contribution in [0, 0.1) is 10.1 Å². The predicted octanol–water partition coefficient (Wildman–Crippen LogP) is 2.35. The van der Waals surface area contributed by atoms with Gasteiger partial charge in [0.15, 0.2) is 5.12 Å². The molecule has 8 nitrogen and oxygen atoms in total. The van der Waals surface area contributed by atoms with E-state index in [1.165, 1.54) is 43.0 Å². The molecule has 2 saturated heterocycles. The van der Waals surface area contributed by atoms with Gasteiger partial charge in [0, 0.05) is 24.8 Å². The number of benzene rings is 1. The molecule has 0 bridgehead atoms. The van der Waals surface area contributed by atoms with Crippen LogP contribution >= 0.6 is 23.5 Å². The standard InChI is InChI=1S/C17H18N2O6S2/c1-10(20)26-9-17(2)15(18-13(21)7-14(18)27-17)16(22)25-8-11-3-5-12(6-4-11)19(23)24/h3-6,14-15H,7-9H2,1-2H3/t14-,15+,17+/m1/s1. The summed E-state index contributed by atoms with van der Waals surface area (Å²) < 4.78 is 4.79. The molecule has 0 saturated carbocycles. The van der Waals surface area contributed by atoms with E-state index in [-0.39, 0.29) is 28.7 Å². The Bertz CT molecular complexity index is 799. The molecule has 0 spiro atoms. The summed E-state index contributed by atoms with van der Waals surface area (Å²) in [6, 6.07) is 4.99. The van der Waals surface area contributed by atoms with Crippen molar-refractivity contribution in [2.45, 2.75) is 43.0 Å². The molecule has 0 unspecified atom stereocenters. The smallest absolute Gasteiger partial charge is 0.330 e. The summed E-state index contributed by atoms with van der Waals surface area (Å²) in [6.07, 6.45) is 0.386. The van der Waals surface area contributed by atoms with Gasteiger partial charge in [0.25, 0.3) is 5.69 Å². The fourth-order valence-corrected chi connectivity index (χ4v) is 5.78. The van der Waals surface area contributed by atoms with Crippen molar-refractivity contribution in [3.8, 4) is 0 Å². The molecule has 2 fully saturated rings. The highest BCUT2D eigenvalue weighted by Crippen LogP contribution is 2.52. The zero-order valence-electron chi connectivity index (χ0n) is 14.7. The number of carbonyl (C=O) groups excluding carboxylic acids is 3. The molecule has 3 rings (SSSR count). The molecule has 3 atom stereocenters. The fraction of sp³-hybridized carbons (Fsp3) is 0.471. The molecule has 2 heterocycles. The summed E-state index contributed by atoms with van der Waals surface area (Å²) in [5.74, 6) is -0.214. The lowest BCUT2D eigenvalue weighted by Crippen LogP contribution is -2.58. The van der Waals surface area contributed by atoms with Crippen molar-refractivity contribution in [3.05, 3.63) is 39.9 Å². The molecule has 2 aliphatic heterocycles. The molecule has 2 aliphatic rings. The average Bonchev–Trinajstić information content (AvgIpc) is 2.86. The molecule has 0 aliphatic carbocycles. The SMILES string of the molecule is CC(=O)SC[C@]1(C)S[C@@H]2CC(=O)N2[C@H]1C(=O)OCc1ccc([N+](=O)[O-])cc1. The first-order valence-corrected chi connectivity index (χ1v) is 10.1. The number of hydrogen-bond acceptors (Lipinski definition) is 8. The highest BCUT2D eigenvalue weighted by atomic mass is 32.2. The zero-order chi connectivity index (χ0) is 19.8. The van der Waals surface area contributed by atoms with Crippen LogP contribution in [-0.4, -0.2) is 48.7 Å². The van der Waals surface area contributed by atoms with Crippen molar-refractivity contribution >= 4 is 46.2 Å². The summed E-state index contributed by atoms with van der Waals surface area (Å²) in [5.41, 5.74) is 0.575. The van der Waals surface area contributed by atoms with Gasteiger partial charge in [0.05, 0.1) is 21.5 Å². The van der Waals surface area contributed by atoms with Crippen molar-refractivity contribution in [2.75, 3.05) is 5.75 Å². The maximum Gasteiger partial charge on any atom is 0.330 e. The summed E-state index contributed by atoms with van der Waals surface area (Å²) in [7, 11) is 0. The monoisotopic (exact) mass is 410 g/mol. The number of non-ortho nitro benzene ring substituents is 1. The molecule has 144 valence electrons. The number of nitro benzene ring substituents is 1. The zero-order valence-corrected chi connectivity index (χ0v) is 16.4. The topological polar surface area (TPSA) is 107 Å². The number of amides is 1. The van der Waals surface area contributed by atoms with E-state index in [0.29, 0.717) is 17.7 Å². The lowest BCUT2D eigenvalue weighted by molar-refractivity contribution is -0.384.